The molecule has 0 spiro atoms. The van der Waals surface area contributed by atoms with Crippen molar-refractivity contribution in [3.05, 3.63) is 29.8 Å². The van der Waals surface area contributed by atoms with Gasteiger partial charge < -0.3 is 15.3 Å². The van der Waals surface area contributed by atoms with Crippen molar-refractivity contribution < 1.29 is 14.7 Å². The van der Waals surface area contributed by atoms with Crippen LogP contribution < -0.4 is 10.2 Å². The molecule has 2 rings (SSSR count). The van der Waals surface area contributed by atoms with Crippen molar-refractivity contribution in [3.8, 4) is 0 Å². The summed E-state index contributed by atoms with van der Waals surface area (Å²) in [7, 11) is 0. The molecule has 1 heterocycles. The summed E-state index contributed by atoms with van der Waals surface area (Å²) in [6.07, 6.45) is 1.72. The first kappa shape index (κ1) is 17.5. The highest BCUT2D eigenvalue weighted by Gasteiger charge is 2.23. The van der Waals surface area contributed by atoms with Crippen molar-refractivity contribution in [2.24, 2.45) is 5.41 Å². The quantitative estimate of drug-likeness (QED) is 0.846. The number of hydrogen-bond acceptors (Lipinski definition) is 3. The molecule has 1 aliphatic heterocycles. The fraction of sp³-hybridized carbons (Fsp3) is 0.556. The maximum atomic E-state index is 12.2. The van der Waals surface area contributed by atoms with E-state index in [0.29, 0.717) is 24.9 Å². The molecular weight excluding hydrogens is 292 g/mol. The Hall–Kier alpha value is -1.88. The zero-order valence-electron chi connectivity index (χ0n) is 14.1. The minimum atomic E-state index is -0.390. The molecule has 1 aromatic carbocycles. The number of carbonyl (C=O) groups excluding carboxylic acids is 2. The Balaban J connectivity index is 1.94. The molecule has 1 aromatic rings. The maximum absolute atomic E-state index is 12.2. The van der Waals surface area contributed by atoms with E-state index < -0.39 is 0 Å². The number of aliphatic hydroxyl groups excluding tert-OH is 1. The number of benzene rings is 1. The first-order valence-corrected chi connectivity index (χ1v) is 8.15. The van der Waals surface area contributed by atoms with Crippen LogP contribution in [0.1, 0.15) is 50.4 Å². The van der Waals surface area contributed by atoms with E-state index >= 15 is 0 Å². The number of aliphatic hydroxyl groups is 1. The third-order valence-electron chi connectivity index (χ3n) is 4.09. The zero-order chi connectivity index (χ0) is 17.0. The number of nitrogens with zero attached hydrogens (tertiary/aromatic N) is 1. The molecule has 0 aliphatic carbocycles. The highest BCUT2D eigenvalue weighted by atomic mass is 16.3. The Morgan fingerprint density at radius 3 is 2.52 bits per heavy atom. The van der Waals surface area contributed by atoms with Crippen LogP contribution in [0.25, 0.3) is 0 Å². The standard InChI is InChI=1S/C18H26N2O3/c1-13(21)11-18(2,3)12-19-17(23)14-6-8-15(9-7-14)20-10-4-5-16(20)22/h6-9,13,21H,4-5,10-12H2,1-3H3,(H,19,23). The van der Waals surface area contributed by atoms with E-state index in [1.54, 1.807) is 24.0 Å². The summed E-state index contributed by atoms with van der Waals surface area (Å²) in [5.74, 6) is 0.00467. The summed E-state index contributed by atoms with van der Waals surface area (Å²) in [5.41, 5.74) is 1.26. The lowest BCUT2D eigenvalue weighted by Gasteiger charge is -2.26. The number of rotatable bonds is 6. The minimum absolute atomic E-state index is 0.136. The van der Waals surface area contributed by atoms with Gasteiger partial charge in [-0.05, 0) is 49.4 Å². The zero-order valence-corrected chi connectivity index (χ0v) is 14.1. The van der Waals surface area contributed by atoms with Gasteiger partial charge in [0.1, 0.15) is 0 Å². The van der Waals surface area contributed by atoms with Crippen LogP contribution in [0.2, 0.25) is 0 Å². The van der Waals surface area contributed by atoms with Crippen molar-refractivity contribution in [2.75, 3.05) is 18.0 Å². The third-order valence-corrected chi connectivity index (χ3v) is 4.09. The summed E-state index contributed by atoms with van der Waals surface area (Å²) in [6.45, 7) is 7.03. The van der Waals surface area contributed by atoms with Gasteiger partial charge in [0.2, 0.25) is 5.91 Å². The van der Waals surface area contributed by atoms with Gasteiger partial charge in [0, 0.05) is 30.8 Å². The summed E-state index contributed by atoms with van der Waals surface area (Å²) in [4.78, 5) is 25.7. The van der Waals surface area contributed by atoms with Gasteiger partial charge in [0.15, 0.2) is 0 Å². The van der Waals surface area contributed by atoms with Crippen LogP contribution in [0.15, 0.2) is 24.3 Å². The van der Waals surface area contributed by atoms with Gasteiger partial charge in [-0.3, -0.25) is 9.59 Å². The van der Waals surface area contributed by atoms with Gasteiger partial charge in [-0.2, -0.15) is 0 Å². The Labute approximate surface area is 137 Å². The monoisotopic (exact) mass is 318 g/mol. The van der Waals surface area contributed by atoms with Crippen molar-refractivity contribution in [3.63, 3.8) is 0 Å². The smallest absolute Gasteiger partial charge is 0.251 e. The van der Waals surface area contributed by atoms with E-state index in [9.17, 15) is 14.7 Å². The minimum Gasteiger partial charge on any atom is -0.393 e. The first-order valence-electron chi connectivity index (χ1n) is 8.15. The lowest BCUT2D eigenvalue weighted by molar-refractivity contribution is -0.117. The van der Waals surface area contributed by atoms with Crippen molar-refractivity contribution in [2.45, 2.75) is 46.1 Å². The molecule has 0 bridgehead atoms. The van der Waals surface area contributed by atoms with Gasteiger partial charge in [-0.15, -0.1) is 0 Å². The highest BCUT2D eigenvalue weighted by molar-refractivity contribution is 5.97. The van der Waals surface area contributed by atoms with Crippen molar-refractivity contribution in [1.29, 1.82) is 0 Å². The van der Waals surface area contributed by atoms with Crippen molar-refractivity contribution in [1.82, 2.24) is 5.32 Å². The number of nitrogens with one attached hydrogen (secondary N) is 1. The second kappa shape index (κ2) is 7.13. The van der Waals surface area contributed by atoms with E-state index in [0.717, 1.165) is 18.7 Å². The largest absolute Gasteiger partial charge is 0.393 e. The molecule has 1 atom stereocenters. The SMILES string of the molecule is CC(O)CC(C)(C)CNC(=O)c1ccc(N2CCCC2=O)cc1. The van der Waals surface area contributed by atoms with Gasteiger partial charge >= 0.3 is 0 Å². The lowest BCUT2D eigenvalue weighted by Crippen LogP contribution is -2.35. The van der Waals surface area contributed by atoms with Crippen LogP contribution in [0.3, 0.4) is 0 Å². The molecule has 1 unspecified atom stereocenters. The molecule has 5 heteroatoms. The third kappa shape index (κ3) is 4.79. The van der Waals surface area contributed by atoms with Crippen LogP contribution in [0.4, 0.5) is 5.69 Å². The molecule has 1 fully saturated rings. The molecule has 1 saturated heterocycles. The van der Waals surface area contributed by atoms with Crippen LogP contribution in [0, 0.1) is 5.41 Å². The van der Waals surface area contributed by atoms with Crippen LogP contribution in [-0.2, 0) is 4.79 Å². The molecule has 0 aromatic heterocycles. The van der Waals surface area contributed by atoms with E-state index in [1.807, 2.05) is 26.0 Å². The van der Waals surface area contributed by atoms with Crippen molar-refractivity contribution >= 4 is 17.5 Å². The maximum Gasteiger partial charge on any atom is 0.251 e. The Morgan fingerprint density at radius 2 is 2.00 bits per heavy atom. The van der Waals surface area contributed by atoms with Gasteiger partial charge in [-0.1, -0.05) is 13.8 Å². The molecule has 126 valence electrons. The van der Waals surface area contributed by atoms with Gasteiger partial charge in [0.05, 0.1) is 6.10 Å². The molecule has 2 N–H and O–H groups in total. The first-order chi connectivity index (χ1) is 10.8. The summed E-state index contributed by atoms with van der Waals surface area (Å²) < 4.78 is 0. The average molecular weight is 318 g/mol. The number of carbonyl (C=O) groups is 2. The summed E-state index contributed by atoms with van der Waals surface area (Å²) >= 11 is 0. The highest BCUT2D eigenvalue weighted by Crippen LogP contribution is 2.23. The Bertz CT molecular complexity index is 564. The Morgan fingerprint density at radius 1 is 1.35 bits per heavy atom. The average Bonchev–Trinajstić information content (AvgIpc) is 2.90. The van der Waals surface area contributed by atoms with Crippen LogP contribution in [0.5, 0.6) is 0 Å². The molecule has 1 aliphatic rings. The Kier molecular flexibility index (Phi) is 5.42. The van der Waals surface area contributed by atoms with Crippen LogP contribution in [-0.4, -0.2) is 36.1 Å². The molecule has 2 amide bonds. The van der Waals surface area contributed by atoms with Gasteiger partial charge in [0.25, 0.3) is 5.91 Å². The molecule has 0 radical (unpaired) electrons. The summed E-state index contributed by atoms with van der Waals surface area (Å²) in [5, 5.41) is 12.4. The van der Waals surface area contributed by atoms with E-state index in [1.165, 1.54) is 0 Å². The van der Waals surface area contributed by atoms with Gasteiger partial charge in [-0.25, -0.2) is 0 Å². The predicted molar refractivity (Wildman–Crippen MR) is 90.4 cm³/mol. The number of anilines is 1. The van der Waals surface area contributed by atoms with Crippen LogP contribution >= 0.6 is 0 Å². The topological polar surface area (TPSA) is 69.6 Å². The molecule has 0 saturated carbocycles. The second-order valence-electron chi connectivity index (χ2n) is 7.10. The normalized spacial score (nSPS) is 16.5. The predicted octanol–water partition coefficient (Wildman–Crippen LogP) is 2.34. The van der Waals surface area contributed by atoms with E-state index in [2.05, 4.69) is 5.32 Å². The molecular formula is C18H26N2O3. The number of hydrogen-bond donors (Lipinski definition) is 2. The van der Waals surface area contributed by atoms with E-state index in [-0.39, 0.29) is 23.3 Å². The fourth-order valence-electron chi connectivity index (χ4n) is 3.01. The number of amides is 2. The molecule has 23 heavy (non-hydrogen) atoms. The summed E-state index contributed by atoms with van der Waals surface area (Å²) in [6, 6.07) is 7.13. The lowest BCUT2D eigenvalue weighted by atomic mass is 9.87. The molecule has 5 nitrogen and oxygen atoms in total. The fourth-order valence-corrected chi connectivity index (χ4v) is 3.01. The van der Waals surface area contributed by atoms with E-state index in [4.69, 9.17) is 0 Å². The second-order valence-corrected chi connectivity index (χ2v) is 7.10.